The molecule has 1 fully saturated rings. The molecule has 0 atom stereocenters. The largest absolute Gasteiger partial charge is 0.362 e. The van der Waals surface area contributed by atoms with Crippen LogP contribution in [0.5, 0.6) is 0 Å². The Balaban J connectivity index is 1.30. The lowest BCUT2D eigenvalue weighted by Gasteiger charge is -2.30. The van der Waals surface area contributed by atoms with E-state index < -0.39 is 0 Å². The molecule has 0 saturated heterocycles. The standard InChI is InChI=1S/C24H32BrN5O/c1-30(2)22-19-8-4-6-10-21(19)28-24(29-22)27-17-13-11-16(12-14-17)15-26-23(31)18-7-3-5-9-20(18)25/h3,5,7,9,16-17H,4,6,8,10-15H2,1-2H3,(H,26,31)(H,27,28,29). The number of benzene rings is 1. The quantitative estimate of drug-likeness (QED) is 0.626. The molecule has 0 bridgehead atoms. The Morgan fingerprint density at radius 3 is 2.58 bits per heavy atom. The third kappa shape index (κ3) is 5.37. The van der Waals surface area contributed by atoms with Crippen LogP contribution in [0.3, 0.4) is 0 Å². The summed E-state index contributed by atoms with van der Waals surface area (Å²) in [6.07, 6.45) is 8.93. The number of aromatic nitrogens is 2. The van der Waals surface area contributed by atoms with Crippen LogP contribution >= 0.6 is 15.9 Å². The molecule has 0 spiro atoms. The van der Waals surface area contributed by atoms with E-state index in [0.717, 1.165) is 61.3 Å². The zero-order chi connectivity index (χ0) is 21.8. The van der Waals surface area contributed by atoms with Crippen molar-refractivity contribution in [2.45, 2.75) is 57.4 Å². The van der Waals surface area contributed by atoms with E-state index in [1.807, 2.05) is 24.3 Å². The van der Waals surface area contributed by atoms with E-state index in [1.165, 1.54) is 24.1 Å². The molecule has 0 aliphatic heterocycles. The molecule has 31 heavy (non-hydrogen) atoms. The van der Waals surface area contributed by atoms with Crippen LogP contribution in [0.2, 0.25) is 0 Å². The normalized spacial score (nSPS) is 20.6. The van der Waals surface area contributed by atoms with Gasteiger partial charge in [-0.1, -0.05) is 12.1 Å². The van der Waals surface area contributed by atoms with E-state index in [4.69, 9.17) is 9.97 Å². The maximum Gasteiger partial charge on any atom is 0.252 e. The molecule has 0 radical (unpaired) electrons. The minimum atomic E-state index is -0.00797. The van der Waals surface area contributed by atoms with Crippen LogP contribution < -0.4 is 15.5 Å². The Morgan fingerprint density at radius 1 is 1.10 bits per heavy atom. The number of anilines is 2. The number of nitrogens with one attached hydrogen (secondary N) is 2. The third-order valence-corrected chi connectivity index (χ3v) is 7.13. The summed E-state index contributed by atoms with van der Waals surface area (Å²) in [5.41, 5.74) is 3.24. The number of carbonyl (C=O) groups is 1. The smallest absolute Gasteiger partial charge is 0.252 e. The fraction of sp³-hybridized carbons (Fsp3) is 0.542. The molecule has 1 aromatic heterocycles. The highest BCUT2D eigenvalue weighted by Crippen LogP contribution is 2.30. The van der Waals surface area contributed by atoms with Gasteiger partial charge in [-0.2, -0.15) is 4.98 Å². The number of fused-ring (bicyclic) bond motifs is 1. The van der Waals surface area contributed by atoms with E-state index in [2.05, 4.69) is 45.6 Å². The summed E-state index contributed by atoms with van der Waals surface area (Å²) in [5, 5.41) is 6.71. The van der Waals surface area contributed by atoms with Crippen molar-refractivity contribution < 1.29 is 4.79 Å². The topological polar surface area (TPSA) is 70.2 Å². The van der Waals surface area contributed by atoms with Gasteiger partial charge < -0.3 is 15.5 Å². The van der Waals surface area contributed by atoms with Crippen molar-refractivity contribution in [1.29, 1.82) is 0 Å². The Labute approximate surface area is 193 Å². The molecule has 166 valence electrons. The summed E-state index contributed by atoms with van der Waals surface area (Å²) in [5.74, 6) is 2.35. The number of nitrogens with zero attached hydrogens (tertiary/aromatic N) is 3. The summed E-state index contributed by atoms with van der Waals surface area (Å²) in [4.78, 5) is 24.3. The molecule has 1 aromatic carbocycles. The van der Waals surface area contributed by atoms with Gasteiger partial charge in [-0.05, 0) is 85.3 Å². The molecule has 1 saturated carbocycles. The molecule has 1 heterocycles. The first kappa shape index (κ1) is 22.1. The Bertz CT molecular complexity index is 924. The number of rotatable bonds is 6. The second kappa shape index (κ2) is 9.98. The lowest BCUT2D eigenvalue weighted by Crippen LogP contribution is -2.34. The molecular weight excluding hydrogens is 454 g/mol. The van der Waals surface area contributed by atoms with Crippen molar-refractivity contribution in [3.8, 4) is 0 Å². The molecule has 2 aromatic rings. The zero-order valence-electron chi connectivity index (χ0n) is 18.5. The highest BCUT2D eigenvalue weighted by Gasteiger charge is 2.24. The van der Waals surface area contributed by atoms with Crippen molar-refractivity contribution in [3.63, 3.8) is 0 Å². The predicted molar refractivity (Wildman–Crippen MR) is 129 cm³/mol. The minimum absolute atomic E-state index is 0.00797. The molecule has 0 unspecified atom stereocenters. The fourth-order valence-electron chi connectivity index (χ4n) is 4.68. The Morgan fingerprint density at radius 2 is 1.84 bits per heavy atom. The van der Waals surface area contributed by atoms with Gasteiger partial charge in [-0.15, -0.1) is 0 Å². The number of hydrogen-bond donors (Lipinski definition) is 2. The molecule has 2 aliphatic carbocycles. The summed E-state index contributed by atoms with van der Waals surface area (Å²) < 4.78 is 0.836. The molecule has 2 aliphatic rings. The Hall–Kier alpha value is -2.15. The molecule has 6 nitrogen and oxygen atoms in total. The summed E-state index contributed by atoms with van der Waals surface area (Å²) in [6.45, 7) is 0.729. The maximum atomic E-state index is 12.4. The molecule has 7 heteroatoms. The van der Waals surface area contributed by atoms with Gasteiger partial charge in [0.25, 0.3) is 5.91 Å². The van der Waals surface area contributed by atoms with E-state index in [-0.39, 0.29) is 5.91 Å². The van der Waals surface area contributed by atoms with Crippen LogP contribution in [-0.2, 0) is 12.8 Å². The summed E-state index contributed by atoms with van der Waals surface area (Å²) in [6, 6.07) is 7.95. The molecule has 4 rings (SSSR count). The van der Waals surface area contributed by atoms with Crippen LogP contribution in [0, 0.1) is 5.92 Å². The second-order valence-corrected chi connectivity index (χ2v) is 9.80. The van der Waals surface area contributed by atoms with Crippen LogP contribution in [0.1, 0.15) is 60.1 Å². The third-order valence-electron chi connectivity index (χ3n) is 6.43. The van der Waals surface area contributed by atoms with Crippen molar-refractivity contribution in [3.05, 3.63) is 45.6 Å². The number of hydrogen-bond acceptors (Lipinski definition) is 5. The summed E-state index contributed by atoms with van der Waals surface area (Å²) >= 11 is 3.46. The highest BCUT2D eigenvalue weighted by atomic mass is 79.9. The summed E-state index contributed by atoms with van der Waals surface area (Å²) in [7, 11) is 4.13. The maximum absolute atomic E-state index is 12.4. The first-order valence-corrected chi connectivity index (χ1v) is 12.2. The average molecular weight is 486 g/mol. The lowest BCUT2D eigenvalue weighted by atomic mass is 9.86. The second-order valence-electron chi connectivity index (χ2n) is 8.95. The van der Waals surface area contributed by atoms with Gasteiger partial charge in [0.2, 0.25) is 5.95 Å². The van der Waals surface area contributed by atoms with Crippen molar-refractivity contribution >= 4 is 33.6 Å². The van der Waals surface area contributed by atoms with Crippen LogP contribution in [-0.4, -0.2) is 42.6 Å². The first-order valence-electron chi connectivity index (χ1n) is 11.4. The van der Waals surface area contributed by atoms with E-state index in [0.29, 0.717) is 17.5 Å². The lowest BCUT2D eigenvalue weighted by molar-refractivity contribution is 0.0942. The van der Waals surface area contributed by atoms with Gasteiger partial charge in [0, 0.05) is 36.7 Å². The highest BCUT2D eigenvalue weighted by molar-refractivity contribution is 9.10. The van der Waals surface area contributed by atoms with Crippen molar-refractivity contribution in [2.75, 3.05) is 30.9 Å². The van der Waals surface area contributed by atoms with Gasteiger partial charge in [-0.3, -0.25) is 4.79 Å². The number of halogens is 1. The molecule has 2 N–H and O–H groups in total. The van der Waals surface area contributed by atoms with Crippen molar-refractivity contribution in [1.82, 2.24) is 15.3 Å². The van der Waals surface area contributed by atoms with E-state index >= 15 is 0 Å². The molecular formula is C24H32BrN5O. The number of amides is 1. The first-order chi connectivity index (χ1) is 15.0. The van der Waals surface area contributed by atoms with Crippen LogP contribution in [0.4, 0.5) is 11.8 Å². The molecule has 1 amide bonds. The van der Waals surface area contributed by atoms with Crippen LogP contribution in [0.15, 0.2) is 28.7 Å². The average Bonchev–Trinajstić information content (AvgIpc) is 2.78. The van der Waals surface area contributed by atoms with Crippen LogP contribution in [0.25, 0.3) is 0 Å². The van der Waals surface area contributed by atoms with E-state index in [9.17, 15) is 4.79 Å². The minimum Gasteiger partial charge on any atom is -0.362 e. The zero-order valence-corrected chi connectivity index (χ0v) is 20.0. The Kier molecular flexibility index (Phi) is 7.10. The number of aryl methyl sites for hydroxylation is 1. The number of carbonyl (C=O) groups excluding carboxylic acids is 1. The van der Waals surface area contributed by atoms with E-state index in [1.54, 1.807) is 0 Å². The van der Waals surface area contributed by atoms with Gasteiger partial charge >= 0.3 is 0 Å². The monoisotopic (exact) mass is 485 g/mol. The van der Waals surface area contributed by atoms with Gasteiger partial charge in [0.05, 0.1) is 11.3 Å². The predicted octanol–water partition coefficient (Wildman–Crippen LogP) is 4.58. The van der Waals surface area contributed by atoms with Gasteiger partial charge in [0.15, 0.2) is 0 Å². The van der Waals surface area contributed by atoms with Gasteiger partial charge in [0.1, 0.15) is 5.82 Å². The SMILES string of the molecule is CN(C)c1nc(NC2CCC(CNC(=O)c3ccccc3Br)CC2)nc2c1CCCC2. The van der Waals surface area contributed by atoms with Crippen molar-refractivity contribution in [2.24, 2.45) is 5.92 Å². The van der Waals surface area contributed by atoms with Gasteiger partial charge in [-0.25, -0.2) is 4.98 Å². The fourth-order valence-corrected chi connectivity index (χ4v) is 5.14.